The van der Waals surface area contributed by atoms with Gasteiger partial charge in [0.15, 0.2) is 0 Å². The Labute approximate surface area is 180 Å². The number of halogens is 3. The van der Waals surface area contributed by atoms with Crippen molar-refractivity contribution >= 4 is 28.2 Å². The number of aromatic nitrogens is 1. The lowest BCUT2D eigenvalue weighted by Gasteiger charge is -2.38. The number of carbonyl (C=O) groups is 1. The van der Waals surface area contributed by atoms with E-state index in [1.807, 2.05) is 13.8 Å². The van der Waals surface area contributed by atoms with Crippen LogP contribution in [-0.4, -0.2) is 40.8 Å². The Bertz CT molecular complexity index is 1300. The summed E-state index contributed by atoms with van der Waals surface area (Å²) in [6.07, 6.45) is 0.938. The molecule has 0 radical (unpaired) electrons. The average molecular weight is 446 g/mol. The minimum atomic E-state index is -1.56. The number of pyridine rings is 1. The van der Waals surface area contributed by atoms with Gasteiger partial charge in [0.1, 0.15) is 23.0 Å². The molecule has 10 heteroatoms. The standard InChI is InChI=1S/C22H21F3N4O3/c1-10-7-28(8-11(2)27-10)19-6-18-12(3-15(19)24)21(30)13(22(31)32)9-29(18)20-5-17(26)14(23)4-16(20)25/h3-6,9-11,27H,7-8,26H2,1-2H3,(H,31,32). The summed E-state index contributed by atoms with van der Waals surface area (Å²) in [6.45, 7) is 4.88. The van der Waals surface area contributed by atoms with Gasteiger partial charge < -0.3 is 25.6 Å². The van der Waals surface area contributed by atoms with Crippen LogP contribution in [0, 0.1) is 17.5 Å². The molecular weight excluding hydrogens is 425 g/mol. The average Bonchev–Trinajstić information content (AvgIpc) is 2.70. The molecule has 1 aliphatic rings. The third-order valence-corrected chi connectivity index (χ3v) is 5.53. The largest absolute Gasteiger partial charge is 0.477 e. The van der Waals surface area contributed by atoms with Gasteiger partial charge in [0.05, 0.1) is 22.6 Å². The summed E-state index contributed by atoms with van der Waals surface area (Å²) >= 11 is 0. The molecule has 32 heavy (non-hydrogen) atoms. The van der Waals surface area contributed by atoms with E-state index in [9.17, 15) is 23.5 Å². The molecule has 2 heterocycles. The van der Waals surface area contributed by atoms with Crippen LogP contribution in [0.4, 0.5) is 24.5 Å². The maximum atomic E-state index is 15.1. The summed E-state index contributed by atoms with van der Waals surface area (Å²) in [5.41, 5.74) is 3.62. The second-order valence-corrected chi connectivity index (χ2v) is 8.07. The van der Waals surface area contributed by atoms with Crippen molar-refractivity contribution in [2.24, 2.45) is 0 Å². The fraction of sp³-hybridized carbons (Fsp3) is 0.273. The number of anilines is 2. The van der Waals surface area contributed by atoms with Crippen molar-refractivity contribution in [3.8, 4) is 5.69 Å². The molecule has 0 saturated carbocycles. The van der Waals surface area contributed by atoms with E-state index in [-0.39, 0.29) is 40.0 Å². The molecule has 2 atom stereocenters. The molecule has 168 valence electrons. The highest BCUT2D eigenvalue weighted by Gasteiger charge is 2.26. The number of rotatable bonds is 3. The summed E-state index contributed by atoms with van der Waals surface area (Å²) in [4.78, 5) is 26.2. The zero-order valence-corrected chi connectivity index (χ0v) is 17.3. The van der Waals surface area contributed by atoms with Gasteiger partial charge in [-0.15, -0.1) is 0 Å². The van der Waals surface area contributed by atoms with E-state index in [2.05, 4.69) is 5.32 Å². The van der Waals surface area contributed by atoms with Crippen LogP contribution >= 0.6 is 0 Å². The molecule has 1 aromatic heterocycles. The van der Waals surface area contributed by atoms with Gasteiger partial charge in [0.25, 0.3) is 0 Å². The first kappa shape index (κ1) is 21.7. The van der Waals surface area contributed by atoms with Gasteiger partial charge in [0, 0.05) is 42.8 Å². The van der Waals surface area contributed by atoms with Crippen LogP contribution < -0.4 is 21.4 Å². The van der Waals surface area contributed by atoms with Crippen LogP contribution in [0.5, 0.6) is 0 Å². The molecule has 1 saturated heterocycles. The highest BCUT2D eigenvalue weighted by molar-refractivity contribution is 5.94. The van der Waals surface area contributed by atoms with Gasteiger partial charge in [-0.2, -0.15) is 0 Å². The van der Waals surface area contributed by atoms with Crippen molar-refractivity contribution < 1.29 is 23.1 Å². The molecule has 0 aliphatic carbocycles. The second-order valence-electron chi connectivity index (χ2n) is 8.07. The third kappa shape index (κ3) is 3.66. The zero-order valence-electron chi connectivity index (χ0n) is 17.3. The van der Waals surface area contributed by atoms with Crippen LogP contribution in [-0.2, 0) is 0 Å². The van der Waals surface area contributed by atoms with Gasteiger partial charge in [-0.25, -0.2) is 18.0 Å². The quantitative estimate of drug-likeness (QED) is 0.535. The van der Waals surface area contributed by atoms with Crippen molar-refractivity contribution in [2.45, 2.75) is 25.9 Å². The number of hydrogen-bond donors (Lipinski definition) is 3. The monoisotopic (exact) mass is 446 g/mol. The number of fused-ring (bicyclic) bond motifs is 1. The van der Waals surface area contributed by atoms with Gasteiger partial charge in [-0.05, 0) is 32.0 Å². The Balaban J connectivity index is 2.04. The molecular formula is C22H21F3N4O3. The van der Waals surface area contributed by atoms with Crippen molar-refractivity contribution in [3.05, 3.63) is 63.7 Å². The summed E-state index contributed by atoms with van der Waals surface area (Å²) in [5, 5.41) is 12.5. The van der Waals surface area contributed by atoms with E-state index in [4.69, 9.17) is 5.73 Å². The molecule has 0 spiro atoms. The molecule has 1 aliphatic heterocycles. The van der Waals surface area contributed by atoms with Crippen LogP contribution in [0.15, 0.2) is 35.3 Å². The van der Waals surface area contributed by atoms with Gasteiger partial charge in [0.2, 0.25) is 5.43 Å². The molecule has 4 N–H and O–H groups in total. The van der Waals surface area contributed by atoms with Gasteiger partial charge in [-0.1, -0.05) is 0 Å². The lowest BCUT2D eigenvalue weighted by molar-refractivity contribution is 0.0695. The topological polar surface area (TPSA) is 101 Å². The molecule has 0 bridgehead atoms. The molecule has 2 unspecified atom stereocenters. The SMILES string of the molecule is CC1CN(c2cc3c(cc2F)c(=O)c(C(=O)O)cn3-c2cc(N)c(F)cc2F)CC(C)N1. The second kappa shape index (κ2) is 7.86. The Morgan fingerprint density at radius 3 is 2.28 bits per heavy atom. The predicted molar refractivity (Wildman–Crippen MR) is 115 cm³/mol. The fourth-order valence-electron chi connectivity index (χ4n) is 4.19. The number of aromatic carboxylic acids is 1. The number of piperazine rings is 1. The minimum Gasteiger partial charge on any atom is -0.477 e. The number of carboxylic acids is 1. The van der Waals surface area contributed by atoms with Crippen LogP contribution in [0.1, 0.15) is 24.2 Å². The molecule has 3 aromatic rings. The van der Waals surface area contributed by atoms with E-state index in [1.54, 1.807) is 4.90 Å². The van der Waals surface area contributed by atoms with Crippen molar-refractivity contribution in [1.29, 1.82) is 0 Å². The molecule has 0 amide bonds. The minimum absolute atomic E-state index is 0.0692. The number of nitrogen functional groups attached to an aromatic ring is 1. The highest BCUT2D eigenvalue weighted by Crippen LogP contribution is 2.30. The lowest BCUT2D eigenvalue weighted by Crippen LogP contribution is -2.54. The molecule has 4 rings (SSSR count). The first-order valence-corrected chi connectivity index (χ1v) is 9.95. The fourth-order valence-corrected chi connectivity index (χ4v) is 4.19. The van der Waals surface area contributed by atoms with E-state index >= 15 is 4.39 Å². The number of carboxylic acid groups (broad SMARTS) is 1. The first-order valence-electron chi connectivity index (χ1n) is 9.95. The Hall–Kier alpha value is -3.53. The number of benzene rings is 2. The summed E-state index contributed by atoms with van der Waals surface area (Å²) in [6, 6.07) is 4.04. The summed E-state index contributed by atoms with van der Waals surface area (Å²) < 4.78 is 44.6. The maximum absolute atomic E-state index is 15.1. The Morgan fingerprint density at radius 2 is 1.66 bits per heavy atom. The first-order chi connectivity index (χ1) is 15.1. The predicted octanol–water partition coefficient (Wildman–Crippen LogP) is 2.88. The molecule has 2 aromatic carbocycles. The van der Waals surface area contributed by atoms with E-state index < -0.39 is 34.4 Å². The van der Waals surface area contributed by atoms with Crippen molar-refractivity contribution in [3.63, 3.8) is 0 Å². The van der Waals surface area contributed by atoms with Crippen molar-refractivity contribution in [2.75, 3.05) is 23.7 Å². The van der Waals surface area contributed by atoms with E-state index in [0.29, 0.717) is 19.2 Å². The van der Waals surface area contributed by atoms with Gasteiger partial charge >= 0.3 is 5.97 Å². The van der Waals surface area contributed by atoms with E-state index in [1.165, 1.54) is 6.07 Å². The molecule has 7 nitrogen and oxygen atoms in total. The number of nitrogens with zero attached hydrogens (tertiary/aromatic N) is 2. The van der Waals surface area contributed by atoms with E-state index in [0.717, 1.165) is 22.9 Å². The van der Waals surface area contributed by atoms with Crippen molar-refractivity contribution in [1.82, 2.24) is 9.88 Å². The lowest BCUT2D eigenvalue weighted by atomic mass is 10.1. The maximum Gasteiger partial charge on any atom is 0.341 e. The van der Waals surface area contributed by atoms with Crippen LogP contribution in [0.2, 0.25) is 0 Å². The summed E-state index contributed by atoms with van der Waals surface area (Å²) in [7, 11) is 0. The Kier molecular flexibility index (Phi) is 5.33. The third-order valence-electron chi connectivity index (χ3n) is 5.53. The highest BCUT2D eigenvalue weighted by atomic mass is 19.1. The number of nitrogens with one attached hydrogen (secondary N) is 1. The van der Waals surface area contributed by atoms with Gasteiger partial charge in [-0.3, -0.25) is 4.79 Å². The van der Waals surface area contributed by atoms with Crippen LogP contribution in [0.3, 0.4) is 0 Å². The summed E-state index contributed by atoms with van der Waals surface area (Å²) in [5.74, 6) is -4.27. The smallest absolute Gasteiger partial charge is 0.341 e. The number of nitrogens with two attached hydrogens (primary N) is 1. The normalized spacial score (nSPS) is 18.8. The Morgan fingerprint density at radius 1 is 1.03 bits per heavy atom. The van der Waals surface area contributed by atoms with Crippen LogP contribution in [0.25, 0.3) is 16.6 Å². The molecule has 1 fully saturated rings. The number of hydrogen-bond acceptors (Lipinski definition) is 5. The zero-order chi connectivity index (χ0) is 23.3.